The number of fused-ring (bicyclic) bond motifs is 1. The molecule has 0 amide bonds. The highest BCUT2D eigenvalue weighted by Crippen LogP contribution is 2.26. The Labute approximate surface area is 204 Å². The van der Waals surface area contributed by atoms with Crippen molar-refractivity contribution >= 4 is 29.9 Å². The maximum absolute atomic E-state index is 6.16. The van der Waals surface area contributed by atoms with Crippen molar-refractivity contribution in [2.45, 2.75) is 64.1 Å². The van der Waals surface area contributed by atoms with Crippen molar-refractivity contribution in [2.24, 2.45) is 4.99 Å². The molecule has 2 saturated heterocycles. The molecular weight excluding hydrogens is 505 g/mol. The van der Waals surface area contributed by atoms with E-state index in [0.717, 1.165) is 89.8 Å². The van der Waals surface area contributed by atoms with Gasteiger partial charge in [-0.2, -0.15) is 0 Å². The Morgan fingerprint density at radius 2 is 2.06 bits per heavy atom. The van der Waals surface area contributed by atoms with Gasteiger partial charge in [0.05, 0.1) is 25.4 Å². The molecule has 1 unspecified atom stereocenters. The zero-order chi connectivity index (χ0) is 20.6. The third-order valence-electron chi connectivity index (χ3n) is 6.28. The minimum atomic E-state index is 0. The number of halogens is 1. The van der Waals surface area contributed by atoms with E-state index in [-0.39, 0.29) is 24.0 Å². The lowest BCUT2D eigenvalue weighted by Crippen LogP contribution is -2.47. The van der Waals surface area contributed by atoms with Gasteiger partial charge in [0.25, 0.3) is 0 Å². The SMILES string of the molecule is CCNC(=NCCc1ccc2c(c1)CCO2)N1CCC(OCC2CCCCO2)CC1.I. The zero-order valence-corrected chi connectivity index (χ0v) is 21.1. The van der Waals surface area contributed by atoms with E-state index in [4.69, 9.17) is 19.2 Å². The summed E-state index contributed by atoms with van der Waals surface area (Å²) in [6.45, 7) is 8.29. The number of rotatable bonds is 7. The van der Waals surface area contributed by atoms with Crippen molar-refractivity contribution in [3.63, 3.8) is 0 Å². The number of hydrogen-bond donors (Lipinski definition) is 1. The van der Waals surface area contributed by atoms with Gasteiger partial charge in [-0.05, 0) is 62.6 Å². The van der Waals surface area contributed by atoms with Gasteiger partial charge >= 0.3 is 0 Å². The van der Waals surface area contributed by atoms with E-state index < -0.39 is 0 Å². The number of guanidine groups is 1. The molecule has 1 aromatic carbocycles. The van der Waals surface area contributed by atoms with Gasteiger partial charge in [0.15, 0.2) is 5.96 Å². The molecule has 0 radical (unpaired) electrons. The van der Waals surface area contributed by atoms with Crippen LogP contribution in [0.15, 0.2) is 23.2 Å². The quantitative estimate of drug-likeness (QED) is 0.322. The first-order chi connectivity index (χ1) is 14.8. The lowest BCUT2D eigenvalue weighted by molar-refractivity contribution is -0.0721. The van der Waals surface area contributed by atoms with Crippen LogP contribution in [0.4, 0.5) is 0 Å². The van der Waals surface area contributed by atoms with E-state index in [2.05, 4.69) is 35.3 Å². The largest absolute Gasteiger partial charge is 0.493 e. The van der Waals surface area contributed by atoms with Gasteiger partial charge in [0.1, 0.15) is 5.75 Å². The molecule has 1 aromatic rings. The normalized spacial score (nSPS) is 21.9. The molecule has 4 rings (SSSR count). The predicted octanol–water partition coefficient (Wildman–Crippen LogP) is 3.80. The van der Waals surface area contributed by atoms with Crippen LogP contribution >= 0.6 is 24.0 Å². The van der Waals surface area contributed by atoms with Crippen molar-refractivity contribution in [3.05, 3.63) is 29.3 Å². The first-order valence-electron chi connectivity index (χ1n) is 11.8. The molecule has 1 N–H and O–H groups in total. The van der Waals surface area contributed by atoms with Crippen LogP contribution in [0, 0.1) is 0 Å². The van der Waals surface area contributed by atoms with Gasteiger partial charge < -0.3 is 24.4 Å². The summed E-state index contributed by atoms with van der Waals surface area (Å²) in [6.07, 6.45) is 8.38. The molecule has 6 nitrogen and oxygen atoms in total. The Hall–Kier alpha value is -1.06. The summed E-state index contributed by atoms with van der Waals surface area (Å²) in [5.74, 6) is 2.09. The molecule has 0 aliphatic carbocycles. The van der Waals surface area contributed by atoms with Crippen LogP contribution in [0.3, 0.4) is 0 Å². The van der Waals surface area contributed by atoms with E-state index in [9.17, 15) is 0 Å². The molecule has 2 fully saturated rings. The van der Waals surface area contributed by atoms with Crippen LogP contribution in [0.2, 0.25) is 0 Å². The fourth-order valence-corrected chi connectivity index (χ4v) is 4.53. The standard InChI is InChI=1S/C24H37N3O3.HI/c1-2-25-24(26-12-8-19-6-7-23-20(17-19)11-16-29-23)27-13-9-21(10-14-27)30-18-22-5-3-4-15-28-22;/h6-7,17,21-22H,2-5,8-16,18H2,1H3,(H,25,26);1H. The molecule has 7 heteroatoms. The molecule has 0 bridgehead atoms. The van der Waals surface area contributed by atoms with Crippen molar-refractivity contribution in [1.82, 2.24) is 10.2 Å². The lowest BCUT2D eigenvalue weighted by Gasteiger charge is -2.35. The fourth-order valence-electron chi connectivity index (χ4n) is 4.53. The summed E-state index contributed by atoms with van der Waals surface area (Å²) in [7, 11) is 0. The summed E-state index contributed by atoms with van der Waals surface area (Å²) < 4.78 is 17.6. The first kappa shape index (κ1) is 24.6. The van der Waals surface area contributed by atoms with E-state index in [1.54, 1.807) is 0 Å². The Bertz CT molecular complexity index is 701. The van der Waals surface area contributed by atoms with Crippen LogP contribution in [0.5, 0.6) is 5.75 Å². The molecule has 3 heterocycles. The molecule has 3 aliphatic heterocycles. The molecule has 1 atom stereocenters. The van der Waals surface area contributed by atoms with Crippen LogP contribution in [0.25, 0.3) is 0 Å². The topological polar surface area (TPSA) is 55.3 Å². The summed E-state index contributed by atoms with van der Waals surface area (Å²) >= 11 is 0. The van der Waals surface area contributed by atoms with Crippen LogP contribution in [0.1, 0.15) is 50.2 Å². The average molecular weight is 543 g/mol. The molecule has 0 saturated carbocycles. The Kier molecular flexibility index (Phi) is 10.2. The minimum Gasteiger partial charge on any atom is -0.493 e. The second-order valence-electron chi connectivity index (χ2n) is 8.53. The second-order valence-corrected chi connectivity index (χ2v) is 8.53. The highest BCUT2D eigenvalue weighted by atomic mass is 127. The smallest absolute Gasteiger partial charge is 0.193 e. The highest BCUT2D eigenvalue weighted by molar-refractivity contribution is 14.0. The summed E-state index contributed by atoms with van der Waals surface area (Å²) in [6, 6.07) is 6.56. The van der Waals surface area contributed by atoms with Gasteiger partial charge in [-0.1, -0.05) is 12.1 Å². The van der Waals surface area contributed by atoms with Crippen LogP contribution < -0.4 is 10.1 Å². The molecule has 31 heavy (non-hydrogen) atoms. The number of aliphatic imine (C=N–C) groups is 1. The highest BCUT2D eigenvalue weighted by Gasteiger charge is 2.23. The molecule has 0 spiro atoms. The van der Waals surface area contributed by atoms with Crippen molar-refractivity contribution < 1.29 is 14.2 Å². The summed E-state index contributed by atoms with van der Waals surface area (Å²) in [4.78, 5) is 7.30. The maximum Gasteiger partial charge on any atom is 0.193 e. The Morgan fingerprint density at radius 3 is 2.84 bits per heavy atom. The first-order valence-corrected chi connectivity index (χ1v) is 11.8. The third kappa shape index (κ3) is 7.22. The predicted molar refractivity (Wildman–Crippen MR) is 135 cm³/mol. The maximum atomic E-state index is 6.16. The van der Waals surface area contributed by atoms with Gasteiger partial charge in [0.2, 0.25) is 0 Å². The van der Waals surface area contributed by atoms with Gasteiger partial charge in [-0.15, -0.1) is 24.0 Å². The lowest BCUT2D eigenvalue weighted by atomic mass is 10.1. The zero-order valence-electron chi connectivity index (χ0n) is 18.8. The third-order valence-corrected chi connectivity index (χ3v) is 6.28. The summed E-state index contributed by atoms with van der Waals surface area (Å²) in [5.41, 5.74) is 2.68. The number of nitrogens with zero attached hydrogens (tertiary/aromatic N) is 2. The van der Waals surface area contributed by atoms with E-state index in [1.807, 2.05) is 0 Å². The number of hydrogen-bond acceptors (Lipinski definition) is 4. The Morgan fingerprint density at radius 1 is 1.19 bits per heavy atom. The number of benzene rings is 1. The minimum absolute atomic E-state index is 0. The van der Waals surface area contributed by atoms with Gasteiger partial charge in [-0.25, -0.2) is 0 Å². The average Bonchev–Trinajstić information content (AvgIpc) is 3.26. The molecule has 174 valence electrons. The van der Waals surface area contributed by atoms with Crippen molar-refractivity contribution in [1.29, 1.82) is 0 Å². The number of piperidine rings is 1. The molecular formula is C24H38IN3O3. The van der Waals surface area contributed by atoms with Crippen molar-refractivity contribution in [2.75, 3.05) is 46.0 Å². The van der Waals surface area contributed by atoms with E-state index >= 15 is 0 Å². The van der Waals surface area contributed by atoms with E-state index in [0.29, 0.717) is 12.2 Å². The number of nitrogens with one attached hydrogen (secondary N) is 1. The van der Waals surface area contributed by atoms with E-state index in [1.165, 1.54) is 24.0 Å². The van der Waals surface area contributed by atoms with Gasteiger partial charge in [0, 0.05) is 39.2 Å². The molecule has 3 aliphatic rings. The monoisotopic (exact) mass is 543 g/mol. The Balaban J connectivity index is 0.00000272. The molecule has 0 aromatic heterocycles. The second kappa shape index (κ2) is 12.8. The van der Waals surface area contributed by atoms with Crippen LogP contribution in [-0.4, -0.2) is 69.1 Å². The summed E-state index contributed by atoms with van der Waals surface area (Å²) in [5, 5.41) is 3.47. The fraction of sp³-hybridized carbons (Fsp3) is 0.708. The van der Waals surface area contributed by atoms with Gasteiger partial charge in [-0.3, -0.25) is 4.99 Å². The number of ether oxygens (including phenoxy) is 3. The van der Waals surface area contributed by atoms with Crippen molar-refractivity contribution in [3.8, 4) is 5.75 Å². The number of likely N-dealkylation sites (tertiary alicyclic amines) is 1. The van der Waals surface area contributed by atoms with Crippen LogP contribution in [-0.2, 0) is 22.3 Å².